The quantitative estimate of drug-likeness (QED) is 0.557. The predicted molar refractivity (Wildman–Crippen MR) is 130 cm³/mol. The summed E-state index contributed by atoms with van der Waals surface area (Å²) in [5.74, 6) is -0.320. The molecule has 3 rings (SSSR count). The third-order valence-corrected chi connectivity index (χ3v) is 8.19. The average Bonchev–Trinajstić information content (AvgIpc) is 2.76. The van der Waals surface area contributed by atoms with Crippen molar-refractivity contribution in [2.75, 3.05) is 25.9 Å². The maximum Gasteiger partial charge on any atom is 0.410 e. The third kappa shape index (κ3) is 7.43. The largest absolute Gasteiger partial charge is 0.481 e. The van der Waals surface area contributed by atoms with Crippen LogP contribution in [0.25, 0.3) is 0 Å². The van der Waals surface area contributed by atoms with Crippen molar-refractivity contribution in [1.29, 1.82) is 0 Å². The molecule has 2 aliphatic heterocycles. The fraction of sp³-hybridized carbons (Fsp3) is 0.680. The summed E-state index contributed by atoms with van der Waals surface area (Å²) in [5, 5.41) is 9.48. The molecule has 0 aliphatic carbocycles. The minimum Gasteiger partial charge on any atom is -0.481 e. The van der Waals surface area contributed by atoms with Gasteiger partial charge in [-0.05, 0) is 68.1 Å². The van der Waals surface area contributed by atoms with Crippen LogP contribution in [0, 0.1) is 5.92 Å². The molecule has 1 amide bonds. The summed E-state index contributed by atoms with van der Waals surface area (Å²) in [4.78, 5) is 25.4. The molecule has 8 nitrogen and oxygen atoms in total. The average molecular weight is 495 g/mol. The molecule has 0 radical (unpaired) electrons. The normalized spacial score (nSPS) is 18.5. The topological polar surface area (TPSA) is 104 Å². The highest BCUT2D eigenvalue weighted by atomic mass is 32.2. The number of likely N-dealkylation sites (tertiary alicyclic amines) is 1. The summed E-state index contributed by atoms with van der Waals surface area (Å²) in [6.45, 7) is 5.97. The van der Waals surface area contributed by atoms with Gasteiger partial charge in [0, 0.05) is 26.2 Å². The number of benzene rings is 1. The van der Waals surface area contributed by atoms with Gasteiger partial charge in [0.05, 0.1) is 18.8 Å². The van der Waals surface area contributed by atoms with Crippen molar-refractivity contribution in [3.63, 3.8) is 0 Å². The second kappa shape index (κ2) is 11.5. The molecule has 0 aromatic heterocycles. The van der Waals surface area contributed by atoms with Crippen LogP contribution in [0.15, 0.2) is 18.2 Å². The van der Waals surface area contributed by atoms with E-state index in [0.29, 0.717) is 38.5 Å². The highest BCUT2D eigenvalue weighted by Gasteiger charge is 2.26. The lowest BCUT2D eigenvalue weighted by molar-refractivity contribution is -0.137. The number of ether oxygens (including phenoxy) is 1. The van der Waals surface area contributed by atoms with Crippen LogP contribution in [0.4, 0.5) is 4.79 Å². The van der Waals surface area contributed by atoms with Gasteiger partial charge < -0.3 is 14.7 Å². The fourth-order valence-electron chi connectivity index (χ4n) is 5.01. The van der Waals surface area contributed by atoms with E-state index in [1.54, 1.807) is 4.90 Å². The molecule has 1 fully saturated rings. The number of carboxylic acids is 1. The Labute approximate surface area is 203 Å². The smallest absolute Gasteiger partial charge is 0.410 e. The SMILES string of the molecule is CC(C)OC(=O)N1CCC(CCCC(CC(=O)O)c2ccc3c(c2)CCN(S(C)(=O)=O)C3)CC1. The number of rotatable bonds is 9. The summed E-state index contributed by atoms with van der Waals surface area (Å²) in [7, 11) is -3.22. The van der Waals surface area contributed by atoms with Gasteiger partial charge in [0.25, 0.3) is 0 Å². The van der Waals surface area contributed by atoms with Gasteiger partial charge in [-0.15, -0.1) is 0 Å². The van der Waals surface area contributed by atoms with Gasteiger partial charge in [0.15, 0.2) is 0 Å². The van der Waals surface area contributed by atoms with E-state index in [0.717, 1.165) is 48.8 Å². The number of nitrogens with zero attached hydrogens (tertiary/aromatic N) is 2. The van der Waals surface area contributed by atoms with Crippen molar-refractivity contribution >= 4 is 22.1 Å². The number of carbonyl (C=O) groups excluding carboxylic acids is 1. The zero-order chi connectivity index (χ0) is 24.9. The van der Waals surface area contributed by atoms with Crippen molar-refractivity contribution in [2.24, 2.45) is 5.92 Å². The first-order valence-corrected chi connectivity index (χ1v) is 14.1. The molecule has 2 aliphatic rings. The maximum atomic E-state index is 12.1. The summed E-state index contributed by atoms with van der Waals surface area (Å²) in [6, 6.07) is 6.02. The van der Waals surface area contributed by atoms with Crippen molar-refractivity contribution in [1.82, 2.24) is 9.21 Å². The summed E-state index contributed by atoms with van der Waals surface area (Å²) in [6.07, 6.45) is 6.29. The van der Waals surface area contributed by atoms with E-state index in [-0.39, 0.29) is 24.5 Å². The molecule has 0 spiro atoms. The van der Waals surface area contributed by atoms with Crippen LogP contribution in [0.1, 0.15) is 75.0 Å². The fourth-order valence-corrected chi connectivity index (χ4v) is 5.81. The second-order valence-corrected chi connectivity index (χ2v) is 11.9. The first kappa shape index (κ1) is 26.5. The lowest BCUT2D eigenvalue weighted by Gasteiger charge is -2.32. The Kier molecular flexibility index (Phi) is 8.98. The molecule has 1 N–H and O–H groups in total. The Morgan fingerprint density at radius 2 is 1.85 bits per heavy atom. The lowest BCUT2D eigenvalue weighted by Crippen LogP contribution is -2.39. The summed E-state index contributed by atoms with van der Waals surface area (Å²) >= 11 is 0. The first-order chi connectivity index (χ1) is 16.0. The second-order valence-electron chi connectivity index (χ2n) is 9.96. The van der Waals surface area contributed by atoms with E-state index in [4.69, 9.17) is 4.74 Å². The summed E-state index contributed by atoms with van der Waals surface area (Å²) < 4.78 is 30.5. The molecule has 1 aromatic carbocycles. The number of hydrogen-bond acceptors (Lipinski definition) is 5. The van der Waals surface area contributed by atoms with Gasteiger partial charge in [-0.3, -0.25) is 4.79 Å². The molecule has 0 bridgehead atoms. The van der Waals surface area contributed by atoms with Gasteiger partial charge in [0.1, 0.15) is 0 Å². The molecule has 1 unspecified atom stereocenters. The zero-order valence-electron chi connectivity index (χ0n) is 20.5. The van der Waals surface area contributed by atoms with Crippen molar-refractivity contribution in [3.05, 3.63) is 34.9 Å². The number of piperidine rings is 1. The molecule has 2 heterocycles. The number of aliphatic carboxylic acids is 1. The predicted octanol–water partition coefficient (Wildman–Crippen LogP) is 3.99. The van der Waals surface area contributed by atoms with E-state index >= 15 is 0 Å². The van der Waals surface area contributed by atoms with E-state index in [2.05, 4.69) is 6.07 Å². The molecule has 0 saturated carbocycles. The number of fused-ring (bicyclic) bond motifs is 1. The van der Waals surface area contributed by atoms with Gasteiger partial charge in [-0.25, -0.2) is 13.2 Å². The standard InChI is InChI=1S/C25H38N2O6S/c1-18(2)33-25(30)26-12-9-19(10-13-26)5-4-6-20(16-24(28)29)21-7-8-23-17-27(34(3,31)32)14-11-22(23)15-21/h7-8,15,18-20H,4-6,9-14,16-17H2,1-3H3,(H,28,29). The van der Waals surface area contributed by atoms with Gasteiger partial charge in [0.2, 0.25) is 10.0 Å². The molecule has 9 heteroatoms. The molecule has 1 aromatic rings. The summed E-state index contributed by atoms with van der Waals surface area (Å²) in [5.41, 5.74) is 3.14. The van der Waals surface area contributed by atoms with E-state index in [1.165, 1.54) is 10.6 Å². The van der Waals surface area contributed by atoms with Gasteiger partial charge in [-0.1, -0.05) is 31.0 Å². The van der Waals surface area contributed by atoms with Crippen LogP contribution in [0.5, 0.6) is 0 Å². The Hall–Kier alpha value is -2.13. The van der Waals surface area contributed by atoms with Crippen LogP contribution >= 0.6 is 0 Å². The zero-order valence-corrected chi connectivity index (χ0v) is 21.3. The Bertz CT molecular complexity index is 970. The van der Waals surface area contributed by atoms with Crippen molar-refractivity contribution < 1.29 is 27.9 Å². The minimum absolute atomic E-state index is 0.0585. The molecular weight excluding hydrogens is 456 g/mol. The van der Waals surface area contributed by atoms with Crippen LogP contribution in [-0.2, 0) is 32.5 Å². The van der Waals surface area contributed by atoms with Gasteiger partial charge >= 0.3 is 12.1 Å². The Morgan fingerprint density at radius 3 is 2.47 bits per heavy atom. The van der Waals surface area contributed by atoms with Gasteiger partial charge in [-0.2, -0.15) is 4.31 Å². The highest BCUT2D eigenvalue weighted by molar-refractivity contribution is 7.88. The Balaban J connectivity index is 1.54. The number of carboxylic acid groups (broad SMARTS) is 1. The van der Waals surface area contributed by atoms with E-state index < -0.39 is 16.0 Å². The number of hydrogen-bond donors (Lipinski definition) is 1. The number of sulfonamides is 1. The van der Waals surface area contributed by atoms with Crippen LogP contribution < -0.4 is 0 Å². The molecule has 190 valence electrons. The van der Waals surface area contributed by atoms with Crippen LogP contribution in [-0.4, -0.2) is 66.8 Å². The first-order valence-electron chi connectivity index (χ1n) is 12.3. The number of amides is 1. The monoisotopic (exact) mass is 494 g/mol. The van der Waals surface area contributed by atoms with Crippen LogP contribution in [0.2, 0.25) is 0 Å². The van der Waals surface area contributed by atoms with Crippen molar-refractivity contribution in [2.45, 2.75) is 77.4 Å². The third-order valence-electron chi connectivity index (χ3n) is 6.94. The van der Waals surface area contributed by atoms with E-state index in [1.807, 2.05) is 26.0 Å². The Morgan fingerprint density at radius 1 is 1.15 bits per heavy atom. The van der Waals surface area contributed by atoms with Crippen molar-refractivity contribution in [3.8, 4) is 0 Å². The molecular formula is C25H38N2O6S. The highest BCUT2D eigenvalue weighted by Crippen LogP contribution is 2.32. The molecule has 1 atom stereocenters. The lowest BCUT2D eigenvalue weighted by atomic mass is 9.85. The maximum absolute atomic E-state index is 12.1. The molecule has 1 saturated heterocycles. The molecule has 34 heavy (non-hydrogen) atoms. The minimum atomic E-state index is -3.22. The van der Waals surface area contributed by atoms with E-state index in [9.17, 15) is 23.1 Å². The number of carbonyl (C=O) groups is 2. The van der Waals surface area contributed by atoms with Crippen LogP contribution in [0.3, 0.4) is 0 Å².